The summed E-state index contributed by atoms with van der Waals surface area (Å²) in [4.78, 5) is 8.72. The van der Waals surface area contributed by atoms with Gasteiger partial charge in [-0.05, 0) is 20.3 Å². The Kier molecular flexibility index (Phi) is 3.96. The number of ether oxygens (including phenoxy) is 1. The molecule has 2 aromatic rings. The van der Waals surface area contributed by atoms with Crippen molar-refractivity contribution in [3.05, 3.63) is 23.1 Å². The van der Waals surface area contributed by atoms with Crippen molar-refractivity contribution in [1.82, 2.24) is 20.2 Å². The molecule has 0 aliphatic heterocycles. The van der Waals surface area contributed by atoms with Gasteiger partial charge in [0.05, 0.1) is 5.56 Å². The first kappa shape index (κ1) is 13.3. The maximum atomic E-state index is 5.67. The lowest BCUT2D eigenvalue weighted by Crippen LogP contribution is -2.13. The fourth-order valence-corrected chi connectivity index (χ4v) is 1.66. The molecule has 0 spiro atoms. The third-order valence-corrected chi connectivity index (χ3v) is 2.64. The SMILES string of the molecule is CCCc1nc(NN)c(C)c(Oc2cc(C)[nH]n2)n1. The number of aromatic amines is 1. The molecular formula is C12H18N6O. The van der Waals surface area contributed by atoms with Crippen molar-refractivity contribution in [2.45, 2.75) is 33.6 Å². The van der Waals surface area contributed by atoms with E-state index in [1.165, 1.54) is 0 Å². The van der Waals surface area contributed by atoms with E-state index in [0.717, 1.165) is 24.1 Å². The second-order valence-corrected chi connectivity index (χ2v) is 4.30. The van der Waals surface area contributed by atoms with Gasteiger partial charge in [-0.1, -0.05) is 6.92 Å². The number of hydrogen-bond acceptors (Lipinski definition) is 6. The van der Waals surface area contributed by atoms with E-state index in [4.69, 9.17) is 10.6 Å². The highest BCUT2D eigenvalue weighted by molar-refractivity contribution is 5.48. The highest BCUT2D eigenvalue weighted by atomic mass is 16.5. The Hall–Kier alpha value is -2.15. The number of nitrogen functional groups attached to an aromatic ring is 1. The van der Waals surface area contributed by atoms with Crippen LogP contribution in [0.1, 0.15) is 30.4 Å². The van der Waals surface area contributed by atoms with Crippen LogP contribution < -0.4 is 16.0 Å². The van der Waals surface area contributed by atoms with Gasteiger partial charge in [0, 0.05) is 18.2 Å². The minimum Gasteiger partial charge on any atom is -0.419 e. The number of nitrogens with zero attached hydrogens (tertiary/aromatic N) is 3. The first-order valence-corrected chi connectivity index (χ1v) is 6.18. The first-order chi connectivity index (χ1) is 9.13. The molecule has 0 saturated carbocycles. The Bertz CT molecular complexity index is 565. The standard InChI is InChI=1S/C12H18N6O/c1-4-5-9-14-11(16-13)8(3)12(15-9)19-10-6-7(2)17-18-10/h6H,4-5,13H2,1-3H3,(H,17,18)(H,14,15,16). The predicted octanol–water partition coefficient (Wildman–Crippen LogP) is 1.85. The van der Waals surface area contributed by atoms with Gasteiger partial charge >= 0.3 is 0 Å². The fraction of sp³-hybridized carbons (Fsp3) is 0.417. The molecule has 2 aromatic heterocycles. The first-order valence-electron chi connectivity index (χ1n) is 6.18. The van der Waals surface area contributed by atoms with Gasteiger partial charge in [0.25, 0.3) is 0 Å². The average molecular weight is 262 g/mol. The number of aryl methyl sites for hydroxylation is 2. The highest BCUT2D eigenvalue weighted by Crippen LogP contribution is 2.26. The minimum atomic E-state index is 0.470. The quantitative estimate of drug-likeness (QED) is 0.561. The highest BCUT2D eigenvalue weighted by Gasteiger charge is 2.13. The monoisotopic (exact) mass is 262 g/mol. The Balaban J connectivity index is 2.34. The van der Waals surface area contributed by atoms with Crippen LogP contribution in [0.15, 0.2) is 6.07 Å². The molecule has 0 saturated heterocycles. The summed E-state index contributed by atoms with van der Waals surface area (Å²) < 4.78 is 5.67. The Morgan fingerprint density at radius 2 is 2.16 bits per heavy atom. The minimum absolute atomic E-state index is 0.470. The summed E-state index contributed by atoms with van der Waals surface area (Å²) in [5.74, 6) is 7.68. The molecule has 0 atom stereocenters. The number of anilines is 1. The number of hydrazine groups is 1. The van der Waals surface area contributed by atoms with Crippen LogP contribution in [0.4, 0.5) is 5.82 Å². The maximum Gasteiger partial charge on any atom is 0.240 e. The molecular weight excluding hydrogens is 244 g/mol. The fourth-order valence-electron chi connectivity index (χ4n) is 1.66. The number of aromatic nitrogens is 4. The average Bonchev–Trinajstić information content (AvgIpc) is 2.79. The van der Waals surface area contributed by atoms with Crippen LogP contribution >= 0.6 is 0 Å². The molecule has 7 heteroatoms. The maximum absolute atomic E-state index is 5.67. The van der Waals surface area contributed by atoms with Gasteiger partial charge in [-0.2, -0.15) is 4.98 Å². The molecule has 2 rings (SSSR count). The van der Waals surface area contributed by atoms with Crippen molar-refractivity contribution < 1.29 is 4.74 Å². The number of H-pyrrole nitrogens is 1. The van der Waals surface area contributed by atoms with Crippen LogP contribution in [0.5, 0.6) is 11.8 Å². The van der Waals surface area contributed by atoms with Crippen molar-refractivity contribution >= 4 is 5.82 Å². The summed E-state index contributed by atoms with van der Waals surface area (Å²) in [5, 5.41) is 6.84. The summed E-state index contributed by atoms with van der Waals surface area (Å²) in [6.07, 6.45) is 1.72. The molecule has 0 aliphatic carbocycles. The van der Waals surface area contributed by atoms with Crippen LogP contribution in [0.25, 0.3) is 0 Å². The van der Waals surface area contributed by atoms with Crippen molar-refractivity contribution in [2.75, 3.05) is 5.43 Å². The normalized spacial score (nSPS) is 10.5. The lowest BCUT2D eigenvalue weighted by Gasteiger charge is -2.11. The van der Waals surface area contributed by atoms with Gasteiger partial charge in [0.15, 0.2) is 0 Å². The largest absolute Gasteiger partial charge is 0.419 e. The summed E-state index contributed by atoms with van der Waals surface area (Å²) in [6.45, 7) is 5.82. The van der Waals surface area contributed by atoms with Gasteiger partial charge in [0.2, 0.25) is 11.8 Å². The third kappa shape index (κ3) is 3.00. The summed E-state index contributed by atoms with van der Waals surface area (Å²) in [6, 6.07) is 1.80. The van der Waals surface area contributed by atoms with Gasteiger partial charge in [-0.15, -0.1) is 5.10 Å². The van der Waals surface area contributed by atoms with Crippen molar-refractivity contribution in [1.29, 1.82) is 0 Å². The van der Waals surface area contributed by atoms with Crippen LogP contribution in [0.3, 0.4) is 0 Å². The molecule has 0 radical (unpaired) electrons. The molecule has 4 N–H and O–H groups in total. The second-order valence-electron chi connectivity index (χ2n) is 4.30. The van der Waals surface area contributed by atoms with Crippen LogP contribution in [-0.2, 0) is 6.42 Å². The van der Waals surface area contributed by atoms with Gasteiger partial charge < -0.3 is 10.2 Å². The van der Waals surface area contributed by atoms with E-state index in [1.807, 2.05) is 13.8 Å². The summed E-state index contributed by atoms with van der Waals surface area (Å²) in [5.41, 5.74) is 4.24. The van der Waals surface area contributed by atoms with E-state index in [2.05, 4.69) is 32.5 Å². The Labute approximate surface area is 111 Å². The molecule has 0 amide bonds. The Morgan fingerprint density at radius 1 is 1.37 bits per heavy atom. The zero-order valence-corrected chi connectivity index (χ0v) is 11.3. The molecule has 0 aromatic carbocycles. The molecule has 2 heterocycles. The van der Waals surface area contributed by atoms with Crippen LogP contribution in [0, 0.1) is 13.8 Å². The molecule has 102 valence electrons. The molecule has 0 bridgehead atoms. The molecule has 19 heavy (non-hydrogen) atoms. The van der Waals surface area contributed by atoms with Gasteiger partial charge in [-0.3, -0.25) is 5.10 Å². The third-order valence-electron chi connectivity index (χ3n) is 2.64. The van der Waals surface area contributed by atoms with E-state index in [1.54, 1.807) is 6.07 Å². The van der Waals surface area contributed by atoms with Crippen LogP contribution in [-0.4, -0.2) is 20.2 Å². The zero-order valence-electron chi connectivity index (χ0n) is 11.3. The second kappa shape index (κ2) is 5.66. The topological polar surface area (TPSA) is 102 Å². The Morgan fingerprint density at radius 3 is 2.74 bits per heavy atom. The molecule has 7 nitrogen and oxygen atoms in total. The van der Waals surface area contributed by atoms with Crippen molar-refractivity contribution in [3.63, 3.8) is 0 Å². The van der Waals surface area contributed by atoms with Crippen LogP contribution in [0.2, 0.25) is 0 Å². The number of nitrogens with one attached hydrogen (secondary N) is 2. The van der Waals surface area contributed by atoms with Crippen molar-refractivity contribution in [3.8, 4) is 11.8 Å². The van der Waals surface area contributed by atoms with E-state index < -0.39 is 0 Å². The molecule has 0 unspecified atom stereocenters. The van der Waals surface area contributed by atoms with E-state index in [0.29, 0.717) is 23.4 Å². The van der Waals surface area contributed by atoms with E-state index in [-0.39, 0.29) is 0 Å². The number of nitrogens with two attached hydrogens (primary N) is 1. The van der Waals surface area contributed by atoms with Gasteiger partial charge in [0.1, 0.15) is 11.6 Å². The zero-order chi connectivity index (χ0) is 13.8. The lowest BCUT2D eigenvalue weighted by molar-refractivity contribution is 0.436. The van der Waals surface area contributed by atoms with E-state index in [9.17, 15) is 0 Å². The molecule has 0 aliphatic rings. The molecule has 0 fully saturated rings. The summed E-state index contributed by atoms with van der Waals surface area (Å²) >= 11 is 0. The lowest BCUT2D eigenvalue weighted by atomic mass is 10.3. The smallest absolute Gasteiger partial charge is 0.240 e. The van der Waals surface area contributed by atoms with E-state index >= 15 is 0 Å². The number of rotatable bonds is 5. The predicted molar refractivity (Wildman–Crippen MR) is 72.0 cm³/mol. The summed E-state index contributed by atoms with van der Waals surface area (Å²) in [7, 11) is 0. The van der Waals surface area contributed by atoms with Crippen molar-refractivity contribution in [2.24, 2.45) is 5.84 Å². The number of hydrogen-bond donors (Lipinski definition) is 3. The van der Waals surface area contributed by atoms with Gasteiger partial charge in [-0.25, -0.2) is 10.8 Å².